The van der Waals surface area contributed by atoms with Crippen LogP contribution in [0.2, 0.25) is 0 Å². The Balaban J connectivity index is 1.59. The zero-order valence-corrected chi connectivity index (χ0v) is 15.4. The molecule has 1 aromatic heterocycles. The topological polar surface area (TPSA) is 101 Å². The maximum absolute atomic E-state index is 13.0. The van der Waals surface area contributed by atoms with Gasteiger partial charge in [0.2, 0.25) is 12.7 Å². The van der Waals surface area contributed by atoms with Crippen molar-refractivity contribution in [3.8, 4) is 11.5 Å². The fourth-order valence-corrected chi connectivity index (χ4v) is 4.72. The van der Waals surface area contributed by atoms with Crippen LogP contribution in [0.3, 0.4) is 0 Å². The van der Waals surface area contributed by atoms with Crippen LogP contribution < -0.4 is 15.3 Å². The molecule has 2 amide bonds. The Labute approximate surface area is 165 Å². The normalized spacial score (nSPS) is 22.8. The van der Waals surface area contributed by atoms with Gasteiger partial charge in [-0.3, -0.25) is 14.6 Å². The third kappa shape index (κ3) is 2.23. The number of aromatic amines is 1. The lowest BCUT2D eigenvalue weighted by Crippen LogP contribution is -2.64. The molecular weight excluding hydrogens is 372 g/mol. The molecule has 3 aliphatic heterocycles. The molecule has 8 heteroatoms. The molecule has 1 saturated heterocycles. The number of amides is 2. The molecule has 3 N–H and O–H groups in total. The minimum atomic E-state index is -0.636. The van der Waals surface area contributed by atoms with Gasteiger partial charge in [0.05, 0.1) is 6.04 Å². The molecule has 146 valence electrons. The first kappa shape index (κ1) is 16.4. The van der Waals surface area contributed by atoms with Gasteiger partial charge in [-0.15, -0.1) is 0 Å². The highest BCUT2D eigenvalue weighted by Crippen LogP contribution is 2.44. The average molecular weight is 390 g/mol. The van der Waals surface area contributed by atoms with Gasteiger partial charge < -0.3 is 19.4 Å². The van der Waals surface area contributed by atoms with E-state index in [1.807, 2.05) is 42.5 Å². The van der Waals surface area contributed by atoms with Crippen molar-refractivity contribution in [3.63, 3.8) is 0 Å². The van der Waals surface area contributed by atoms with E-state index in [2.05, 4.69) is 4.98 Å². The summed E-state index contributed by atoms with van der Waals surface area (Å²) in [6.07, 6.45) is 0.429. The predicted molar refractivity (Wildman–Crippen MR) is 103 cm³/mol. The van der Waals surface area contributed by atoms with E-state index >= 15 is 0 Å². The second-order valence-corrected chi connectivity index (χ2v) is 7.57. The molecule has 3 aromatic rings. The summed E-state index contributed by atoms with van der Waals surface area (Å²) in [6.45, 7) is 0.0406. The van der Waals surface area contributed by atoms with Crippen LogP contribution in [0.4, 0.5) is 0 Å². The Hall–Kier alpha value is -3.52. The molecule has 1 fully saturated rings. The van der Waals surface area contributed by atoms with E-state index in [1.54, 1.807) is 4.90 Å². The second kappa shape index (κ2) is 5.74. The maximum Gasteiger partial charge on any atom is 0.260 e. The molecule has 3 aliphatic rings. The highest BCUT2D eigenvalue weighted by molar-refractivity contribution is 5.97. The summed E-state index contributed by atoms with van der Waals surface area (Å²) in [4.78, 5) is 31.1. The van der Waals surface area contributed by atoms with Crippen molar-refractivity contribution in [2.75, 3.05) is 13.3 Å². The van der Waals surface area contributed by atoms with Crippen molar-refractivity contribution in [2.24, 2.45) is 5.84 Å². The first-order chi connectivity index (χ1) is 14.1. The number of hydrogen-bond acceptors (Lipinski definition) is 5. The Morgan fingerprint density at radius 3 is 2.79 bits per heavy atom. The second-order valence-electron chi connectivity index (χ2n) is 7.57. The quantitative estimate of drug-likeness (QED) is 0.484. The van der Waals surface area contributed by atoms with Crippen LogP contribution in [-0.2, 0) is 16.0 Å². The number of H-pyrrole nitrogens is 1. The number of aromatic nitrogens is 1. The third-order valence-electron chi connectivity index (χ3n) is 6.01. The number of hydrogen-bond donors (Lipinski definition) is 2. The molecule has 0 bridgehead atoms. The summed E-state index contributed by atoms with van der Waals surface area (Å²) < 4.78 is 11.0. The number of nitrogens with two attached hydrogens (primary N) is 1. The number of hydrazine groups is 1. The number of carbonyl (C=O) groups excluding carboxylic acids is 2. The Morgan fingerprint density at radius 2 is 1.90 bits per heavy atom. The molecule has 8 nitrogen and oxygen atoms in total. The zero-order chi connectivity index (χ0) is 19.7. The number of para-hydroxylation sites is 1. The molecule has 2 atom stereocenters. The number of benzene rings is 2. The van der Waals surface area contributed by atoms with Gasteiger partial charge >= 0.3 is 0 Å². The molecule has 0 spiro atoms. The van der Waals surface area contributed by atoms with Gasteiger partial charge in [-0.25, -0.2) is 5.84 Å². The van der Waals surface area contributed by atoms with Crippen molar-refractivity contribution < 1.29 is 19.1 Å². The van der Waals surface area contributed by atoms with Crippen molar-refractivity contribution in [1.29, 1.82) is 0 Å². The van der Waals surface area contributed by atoms with E-state index in [-0.39, 0.29) is 25.2 Å². The molecule has 2 aromatic carbocycles. The lowest BCUT2D eigenvalue weighted by molar-refractivity contribution is -0.158. The van der Waals surface area contributed by atoms with Crippen LogP contribution in [0.15, 0.2) is 42.5 Å². The molecule has 6 rings (SSSR count). The van der Waals surface area contributed by atoms with Crippen LogP contribution in [-0.4, -0.2) is 46.1 Å². The molecule has 0 aliphatic carbocycles. The van der Waals surface area contributed by atoms with Crippen molar-refractivity contribution in [3.05, 3.63) is 59.3 Å². The fourth-order valence-electron chi connectivity index (χ4n) is 4.72. The largest absolute Gasteiger partial charge is 0.454 e. The summed E-state index contributed by atoms with van der Waals surface area (Å²) in [5, 5.41) is 2.09. The first-order valence-corrected chi connectivity index (χ1v) is 9.48. The average Bonchev–Trinajstić information content (AvgIpc) is 3.34. The minimum Gasteiger partial charge on any atom is -0.454 e. The Kier molecular flexibility index (Phi) is 3.25. The maximum atomic E-state index is 13.0. The van der Waals surface area contributed by atoms with E-state index in [4.69, 9.17) is 15.3 Å². The van der Waals surface area contributed by atoms with Gasteiger partial charge in [0.1, 0.15) is 12.6 Å². The van der Waals surface area contributed by atoms with E-state index in [1.165, 1.54) is 0 Å². The summed E-state index contributed by atoms with van der Waals surface area (Å²) in [6, 6.07) is 12.6. The van der Waals surface area contributed by atoms with Crippen molar-refractivity contribution in [1.82, 2.24) is 14.9 Å². The predicted octanol–water partition coefficient (Wildman–Crippen LogP) is 1.46. The van der Waals surface area contributed by atoms with E-state index in [0.717, 1.165) is 32.7 Å². The standard InChI is InChI=1S/C21H18N4O4/c22-24-9-18(26)25-15(21(24)27)8-13-12-3-1-2-4-14(12)23-19(13)20(25)11-5-6-16-17(7-11)29-10-28-16/h1-7,15,20,23H,8-10,22H2/t15-,20-/m0/s1. The zero-order valence-electron chi connectivity index (χ0n) is 15.4. The van der Waals surface area contributed by atoms with Crippen LogP contribution in [0.1, 0.15) is 22.9 Å². The Bertz CT molecular complexity index is 1190. The smallest absolute Gasteiger partial charge is 0.260 e. The number of rotatable bonds is 1. The summed E-state index contributed by atoms with van der Waals surface area (Å²) in [7, 11) is 0. The van der Waals surface area contributed by atoms with Crippen LogP contribution in [0, 0.1) is 0 Å². The van der Waals surface area contributed by atoms with Gasteiger partial charge in [-0.1, -0.05) is 24.3 Å². The van der Waals surface area contributed by atoms with E-state index in [0.29, 0.717) is 17.9 Å². The summed E-state index contributed by atoms with van der Waals surface area (Å²) >= 11 is 0. The first-order valence-electron chi connectivity index (χ1n) is 9.48. The molecule has 0 saturated carbocycles. The van der Waals surface area contributed by atoms with Crippen molar-refractivity contribution in [2.45, 2.75) is 18.5 Å². The molecule has 29 heavy (non-hydrogen) atoms. The monoisotopic (exact) mass is 390 g/mol. The molecule has 4 heterocycles. The number of fused-ring (bicyclic) bond motifs is 5. The lowest BCUT2D eigenvalue weighted by Gasteiger charge is -2.46. The van der Waals surface area contributed by atoms with Crippen LogP contribution in [0.25, 0.3) is 10.9 Å². The summed E-state index contributed by atoms with van der Waals surface area (Å²) in [5.74, 6) is 6.72. The van der Waals surface area contributed by atoms with Crippen LogP contribution >= 0.6 is 0 Å². The lowest BCUT2D eigenvalue weighted by atomic mass is 9.86. The van der Waals surface area contributed by atoms with Gasteiger partial charge in [-0.05, 0) is 29.3 Å². The van der Waals surface area contributed by atoms with Gasteiger partial charge in [0, 0.05) is 23.0 Å². The van der Waals surface area contributed by atoms with Crippen LogP contribution in [0.5, 0.6) is 11.5 Å². The highest BCUT2D eigenvalue weighted by Gasteiger charge is 2.47. The number of piperazine rings is 1. The van der Waals surface area contributed by atoms with Crippen molar-refractivity contribution >= 4 is 22.7 Å². The number of nitrogens with zero attached hydrogens (tertiary/aromatic N) is 2. The van der Waals surface area contributed by atoms with Gasteiger partial charge in [0.25, 0.3) is 5.91 Å². The number of nitrogens with one attached hydrogen (secondary N) is 1. The SMILES string of the molecule is NN1CC(=O)N2[C@@H](c3ccc4c(c3)OCO4)c3[nH]c4ccccc4c3C[C@H]2C1=O. The molecular formula is C21H18N4O4. The molecule has 0 radical (unpaired) electrons. The van der Waals surface area contributed by atoms with Gasteiger partial charge in [0.15, 0.2) is 11.5 Å². The fraction of sp³-hybridized carbons (Fsp3) is 0.238. The molecule has 0 unspecified atom stereocenters. The summed E-state index contributed by atoms with van der Waals surface area (Å²) in [5.41, 5.74) is 3.81. The minimum absolute atomic E-state index is 0.133. The van der Waals surface area contributed by atoms with E-state index < -0.39 is 12.1 Å². The van der Waals surface area contributed by atoms with E-state index in [9.17, 15) is 9.59 Å². The third-order valence-corrected chi connectivity index (χ3v) is 6.01. The highest BCUT2D eigenvalue weighted by atomic mass is 16.7. The van der Waals surface area contributed by atoms with Gasteiger partial charge in [-0.2, -0.15) is 0 Å². The number of carbonyl (C=O) groups is 2. The number of ether oxygens (including phenoxy) is 2. The Morgan fingerprint density at radius 1 is 1.07 bits per heavy atom.